The van der Waals surface area contributed by atoms with E-state index in [0.29, 0.717) is 30.1 Å². The van der Waals surface area contributed by atoms with Gasteiger partial charge in [-0.2, -0.15) is 0 Å². The molecule has 9 heteroatoms. The number of rotatable bonds is 5. The molecule has 0 saturated carbocycles. The van der Waals surface area contributed by atoms with Gasteiger partial charge in [0.25, 0.3) is 11.8 Å². The van der Waals surface area contributed by atoms with Crippen molar-refractivity contribution in [1.82, 2.24) is 25.2 Å². The Morgan fingerprint density at radius 1 is 1.42 bits per heavy atom. The van der Waals surface area contributed by atoms with E-state index in [1.165, 1.54) is 11.8 Å². The van der Waals surface area contributed by atoms with Gasteiger partial charge in [-0.3, -0.25) is 14.3 Å². The Kier molecular flexibility index (Phi) is 5.53. The third kappa shape index (κ3) is 4.03. The first-order chi connectivity index (χ1) is 12.5. The van der Waals surface area contributed by atoms with Crippen molar-refractivity contribution < 1.29 is 14.3 Å². The van der Waals surface area contributed by atoms with Crippen LogP contribution in [0.2, 0.25) is 5.02 Å². The molecule has 0 radical (unpaired) electrons. The highest BCUT2D eigenvalue weighted by Crippen LogP contribution is 2.24. The number of nitrogens with zero attached hydrogens (tertiary/aromatic N) is 4. The number of likely N-dealkylation sites (tertiary alicyclic amines) is 1. The van der Waals surface area contributed by atoms with E-state index >= 15 is 0 Å². The van der Waals surface area contributed by atoms with Crippen LogP contribution in [0.5, 0.6) is 0 Å². The predicted molar refractivity (Wildman–Crippen MR) is 94.7 cm³/mol. The normalized spacial score (nSPS) is 18.0. The van der Waals surface area contributed by atoms with Crippen LogP contribution in [0.4, 0.5) is 0 Å². The SMILES string of the molecule is COC(C(=O)N1CC[C@@H](NC(=O)c2cn(C)nn2)C1)c1cccc(Cl)c1. The number of benzene rings is 1. The second-order valence-electron chi connectivity index (χ2n) is 6.19. The van der Waals surface area contributed by atoms with Gasteiger partial charge in [0.05, 0.1) is 6.20 Å². The third-order valence-corrected chi connectivity index (χ3v) is 4.52. The molecule has 1 saturated heterocycles. The Morgan fingerprint density at radius 2 is 2.23 bits per heavy atom. The number of hydrogen-bond acceptors (Lipinski definition) is 5. The minimum Gasteiger partial charge on any atom is -0.367 e. The zero-order valence-corrected chi connectivity index (χ0v) is 15.3. The smallest absolute Gasteiger partial charge is 0.273 e. The summed E-state index contributed by atoms with van der Waals surface area (Å²) in [7, 11) is 3.19. The molecule has 2 aromatic rings. The molecule has 0 bridgehead atoms. The fourth-order valence-corrected chi connectivity index (χ4v) is 3.20. The third-order valence-electron chi connectivity index (χ3n) is 4.28. The Hall–Kier alpha value is -2.45. The first-order valence-corrected chi connectivity index (χ1v) is 8.60. The molecule has 1 N–H and O–H groups in total. The summed E-state index contributed by atoms with van der Waals surface area (Å²) in [6, 6.07) is 6.92. The number of aryl methyl sites for hydroxylation is 1. The molecule has 26 heavy (non-hydrogen) atoms. The van der Waals surface area contributed by atoms with E-state index in [-0.39, 0.29) is 23.6 Å². The van der Waals surface area contributed by atoms with Crippen molar-refractivity contribution in [2.24, 2.45) is 7.05 Å². The molecule has 3 rings (SSSR count). The van der Waals surface area contributed by atoms with Gasteiger partial charge in [-0.15, -0.1) is 5.10 Å². The molecule has 0 aliphatic carbocycles. The van der Waals surface area contributed by atoms with Crippen LogP contribution >= 0.6 is 11.6 Å². The van der Waals surface area contributed by atoms with Crippen LogP contribution in [-0.4, -0.2) is 57.9 Å². The first kappa shape index (κ1) is 18.3. The van der Waals surface area contributed by atoms with E-state index in [0.717, 1.165) is 0 Å². The summed E-state index contributed by atoms with van der Waals surface area (Å²) < 4.78 is 6.86. The van der Waals surface area contributed by atoms with E-state index in [1.807, 2.05) is 0 Å². The fourth-order valence-electron chi connectivity index (χ4n) is 3.00. The largest absolute Gasteiger partial charge is 0.367 e. The highest BCUT2D eigenvalue weighted by molar-refractivity contribution is 6.30. The van der Waals surface area contributed by atoms with Gasteiger partial charge in [0, 0.05) is 38.3 Å². The maximum absolute atomic E-state index is 12.8. The van der Waals surface area contributed by atoms with E-state index in [4.69, 9.17) is 16.3 Å². The summed E-state index contributed by atoms with van der Waals surface area (Å²) in [5.41, 5.74) is 0.961. The summed E-state index contributed by atoms with van der Waals surface area (Å²) in [5.74, 6) is -0.443. The van der Waals surface area contributed by atoms with Crippen molar-refractivity contribution >= 4 is 23.4 Å². The van der Waals surface area contributed by atoms with Gasteiger partial charge in [0.2, 0.25) is 0 Å². The molecule has 0 spiro atoms. The highest BCUT2D eigenvalue weighted by atomic mass is 35.5. The van der Waals surface area contributed by atoms with Crippen molar-refractivity contribution in [2.75, 3.05) is 20.2 Å². The van der Waals surface area contributed by atoms with Crippen molar-refractivity contribution in [1.29, 1.82) is 0 Å². The lowest BCUT2D eigenvalue weighted by atomic mass is 10.1. The van der Waals surface area contributed by atoms with Crippen LogP contribution in [0.25, 0.3) is 0 Å². The van der Waals surface area contributed by atoms with Crippen LogP contribution in [-0.2, 0) is 16.6 Å². The zero-order chi connectivity index (χ0) is 18.7. The van der Waals surface area contributed by atoms with Gasteiger partial charge in [-0.05, 0) is 24.1 Å². The number of amides is 2. The van der Waals surface area contributed by atoms with Crippen molar-refractivity contribution in [2.45, 2.75) is 18.6 Å². The van der Waals surface area contributed by atoms with Crippen LogP contribution in [0.1, 0.15) is 28.6 Å². The van der Waals surface area contributed by atoms with E-state index in [9.17, 15) is 9.59 Å². The quantitative estimate of drug-likeness (QED) is 0.845. The number of halogens is 1. The lowest BCUT2D eigenvalue weighted by Crippen LogP contribution is -2.40. The molecule has 1 aliphatic heterocycles. The minimum absolute atomic E-state index is 0.134. The maximum Gasteiger partial charge on any atom is 0.273 e. The Labute approximate surface area is 156 Å². The van der Waals surface area contributed by atoms with Crippen LogP contribution in [0.3, 0.4) is 0 Å². The summed E-state index contributed by atoms with van der Waals surface area (Å²) >= 11 is 6.01. The topological polar surface area (TPSA) is 89.4 Å². The van der Waals surface area contributed by atoms with Gasteiger partial charge in [0.15, 0.2) is 11.8 Å². The lowest BCUT2D eigenvalue weighted by Gasteiger charge is -2.23. The monoisotopic (exact) mass is 377 g/mol. The fraction of sp³-hybridized carbons (Fsp3) is 0.412. The van der Waals surface area contributed by atoms with E-state index in [2.05, 4.69) is 15.6 Å². The molecule has 2 atom stereocenters. The number of methoxy groups -OCH3 is 1. The van der Waals surface area contributed by atoms with Gasteiger partial charge in [0.1, 0.15) is 0 Å². The maximum atomic E-state index is 12.8. The number of aromatic nitrogens is 3. The first-order valence-electron chi connectivity index (χ1n) is 8.22. The van der Waals surface area contributed by atoms with E-state index in [1.54, 1.807) is 42.4 Å². The molecule has 8 nitrogen and oxygen atoms in total. The molecule has 138 valence electrons. The average Bonchev–Trinajstić information content (AvgIpc) is 3.24. The lowest BCUT2D eigenvalue weighted by molar-refractivity contribution is -0.141. The summed E-state index contributed by atoms with van der Waals surface area (Å²) in [4.78, 5) is 26.7. The van der Waals surface area contributed by atoms with Crippen LogP contribution < -0.4 is 5.32 Å². The Bertz CT molecular complexity index is 809. The highest BCUT2D eigenvalue weighted by Gasteiger charge is 2.32. The minimum atomic E-state index is -0.719. The molecule has 2 amide bonds. The van der Waals surface area contributed by atoms with Gasteiger partial charge < -0.3 is 15.0 Å². The van der Waals surface area contributed by atoms with Gasteiger partial charge in [-0.1, -0.05) is 28.9 Å². The molecular formula is C17H20ClN5O3. The molecule has 2 heterocycles. The standard InChI is InChI=1S/C17H20ClN5O3/c1-22-10-14(20-21-22)16(24)19-13-6-7-23(9-13)17(25)15(26-2)11-4-3-5-12(18)8-11/h3-5,8,10,13,15H,6-7,9H2,1-2H3,(H,19,24)/t13-,15?/m1/s1. The molecular weight excluding hydrogens is 358 g/mol. The van der Waals surface area contributed by atoms with Crippen molar-refractivity contribution in [3.63, 3.8) is 0 Å². The predicted octanol–water partition coefficient (Wildman–Crippen LogP) is 1.19. The van der Waals surface area contributed by atoms with Crippen molar-refractivity contribution in [3.8, 4) is 0 Å². The van der Waals surface area contributed by atoms with Gasteiger partial charge in [-0.25, -0.2) is 0 Å². The Balaban J connectivity index is 1.62. The van der Waals surface area contributed by atoms with Crippen LogP contribution in [0.15, 0.2) is 30.5 Å². The van der Waals surface area contributed by atoms with Crippen LogP contribution in [0, 0.1) is 0 Å². The number of carbonyl (C=O) groups excluding carboxylic acids is 2. The zero-order valence-electron chi connectivity index (χ0n) is 14.6. The Morgan fingerprint density at radius 3 is 2.88 bits per heavy atom. The molecule has 1 aromatic heterocycles. The average molecular weight is 378 g/mol. The second kappa shape index (κ2) is 7.84. The number of nitrogens with one attached hydrogen (secondary N) is 1. The molecule has 1 fully saturated rings. The number of hydrogen-bond donors (Lipinski definition) is 1. The summed E-state index contributed by atoms with van der Waals surface area (Å²) in [5, 5.41) is 11.0. The summed E-state index contributed by atoms with van der Waals surface area (Å²) in [6.45, 7) is 0.968. The molecule has 1 aliphatic rings. The molecule has 1 unspecified atom stereocenters. The van der Waals surface area contributed by atoms with Gasteiger partial charge >= 0.3 is 0 Å². The van der Waals surface area contributed by atoms with E-state index < -0.39 is 6.10 Å². The van der Waals surface area contributed by atoms with Crippen molar-refractivity contribution in [3.05, 3.63) is 46.7 Å². The second-order valence-corrected chi connectivity index (χ2v) is 6.63. The number of ether oxygens (including phenoxy) is 1. The summed E-state index contributed by atoms with van der Waals surface area (Å²) in [6.07, 6.45) is 1.50. The number of carbonyl (C=O) groups is 2. The molecule has 1 aromatic carbocycles.